The van der Waals surface area contributed by atoms with Gasteiger partial charge in [-0.2, -0.15) is 24.4 Å². The fraction of sp³-hybridized carbons (Fsp3) is 0.296. The second kappa shape index (κ2) is 14.5. The Labute approximate surface area is 226 Å². The molecule has 3 rings (SSSR count). The van der Waals surface area contributed by atoms with E-state index in [2.05, 4.69) is 28.2 Å². The number of benzene rings is 2. The van der Waals surface area contributed by atoms with Gasteiger partial charge >= 0.3 is 5.97 Å². The molecule has 196 valence electrons. The zero-order valence-corrected chi connectivity index (χ0v) is 22.3. The number of amides is 1. The number of rotatable bonds is 14. The van der Waals surface area contributed by atoms with Gasteiger partial charge in [0.2, 0.25) is 5.88 Å². The van der Waals surface area contributed by atoms with E-state index in [-0.39, 0.29) is 18.5 Å². The van der Waals surface area contributed by atoms with Crippen molar-refractivity contribution in [2.24, 2.45) is 5.73 Å². The number of nitrogens with zero attached hydrogens (tertiary/aromatic N) is 1. The third kappa shape index (κ3) is 8.70. The van der Waals surface area contributed by atoms with Crippen LogP contribution in [0.5, 0.6) is 5.88 Å². The molecule has 0 bridgehead atoms. The van der Waals surface area contributed by atoms with Gasteiger partial charge in [0.05, 0.1) is 11.4 Å². The summed E-state index contributed by atoms with van der Waals surface area (Å²) in [6.45, 7) is 0.0587. The topological polar surface area (TPSA) is 127 Å². The molecule has 37 heavy (non-hydrogen) atoms. The van der Waals surface area contributed by atoms with Crippen LogP contribution in [0, 0.1) is 0 Å². The fourth-order valence-electron chi connectivity index (χ4n) is 3.50. The lowest BCUT2D eigenvalue weighted by Gasteiger charge is -2.17. The highest BCUT2D eigenvalue weighted by molar-refractivity contribution is 7.98. The number of aliphatic carboxylic acids is 1. The second-order valence-corrected chi connectivity index (χ2v) is 9.70. The molecule has 8 nitrogen and oxygen atoms in total. The number of carbonyl (C=O) groups excluding carboxylic acids is 1. The van der Waals surface area contributed by atoms with Gasteiger partial charge in [-0.3, -0.25) is 4.79 Å². The fourth-order valence-corrected chi connectivity index (χ4v) is 4.10. The number of nitrogens with two attached hydrogens (primary N) is 1. The Bertz CT molecular complexity index is 1180. The zero-order chi connectivity index (χ0) is 26.6. The van der Waals surface area contributed by atoms with Gasteiger partial charge in [0, 0.05) is 23.9 Å². The molecule has 1 amide bonds. The number of anilines is 1. The highest BCUT2D eigenvalue weighted by atomic mass is 32.2. The second-order valence-electron chi connectivity index (χ2n) is 8.35. The Balaban J connectivity index is 1.81. The van der Waals surface area contributed by atoms with Gasteiger partial charge in [0.15, 0.2) is 6.61 Å². The van der Waals surface area contributed by atoms with E-state index in [1.165, 1.54) is 11.8 Å². The normalized spacial score (nSPS) is 12.4. The Morgan fingerprint density at radius 3 is 2.51 bits per heavy atom. The average molecular weight is 541 g/mol. The van der Waals surface area contributed by atoms with Crippen molar-refractivity contribution in [1.82, 2.24) is 10.3 Å². The summed E-state index contributed by atoms with van der Waals surface area (Å²) in [5.41, 5.74) is 10.3. The van der Waals surface area contributed by atoms with Crippen molar-refractivity contribution in [3.05, 3.63) is 66.7 Å². The van der Waals surface area contributed by atoms with Gasteiger partial charge < -0.3 is 26.2 Å². The standard InChI is InChI=1S/C27H32N4O4S2/c1-37-13-12-24(27(33)34)30-25(32)16-35-26-23(29-15-21(28)17-36)11-10-22(31-26)20-9-5-8-19(14-20)18-6-3-2-4-7-18/h2-11,14,21,24,29,36H,12-13,15-17,28H2,1H3,(H,30,32)(H,33,34). The summed E-state index contributed by atoms with van der Waals surface area (Å²) in [7, 11) is 0. The van der Waals surface area contributed by atoms with Crippen LogP contribution >= 0.6 is 24.4 Å². The monoisotopic (exact) mass is 540 g/mol. The number of thioether (sulfide) groups is 1. The summed E-state index contributed by atoms with van der Waals surface area (Å²) in [5, 5.41) is 15.1. The molecule has 1 aromatic heterocycles. The zero-order valence-electron chi connectivity index (χ0n) is 20.6. The molecule has 2 unspecified atom stereocenters. The van der Waals surface area contributed by atoms with Crippen LogP contribution in [0.25, 0.3) is 22.4 Å². The van der Waals surface area contributed by atoms with Crippen LogP contribution in [0.1, 0.15) is 6.42 Å². The average Bonchev–Trinajstić information content (AvgIpc) is 2.93. The Morgan fingerprint density at radius 1 is 1.08 bits per heavy atom. The van der Waals surface area contributed by atoms with Crippen molar-refractivity contribution in [3.63, 3.8) is 0 Å². The van der Waals surface area contributed by atoms with Crippen LogP contribution in [0.3, 0.4) is 0 Å². The highest BCUT2D eigenvalue weighted by Crippen LogP contribution is 2.30. The molecule has 0 fully saturated rings. The number of thiol groups is 1. The summed E-state index contributed by atoms with van der Waals surface area (Å²) in [6.07, 6.45) is 2.20. The SMILES string of the molecule is CSCCC(NC(=O)COc1nc(-c2cccc(-c3ccccc3)c2)ccc1NCC(N)CS)C(=O)O. The molecule has 0 aliphatic carbocycles. The van der Waals surface area contributed by atoms with Crippen molar-refractivity contribution < 1.29 is 19.4 Å². The maximum Gasteiger partial charge on any atom is 0.326 e. The lowest BCUT2D eigenvalue weighted by atomic mass is 10.0. The first kappa shape index (κ1) is 28.4. The highest BCUT2D eigenvalue weighted by Gasteiger charge is 2.20. The van der Waals surface area contributed by atoms with E-state index in [9.17, 15) is 14.7 Å². The number of pyridine rings is 1. The molecule has 0 saturated carbocycles. The minimum absolute atomic E-state index is 0.186. The van der Waals surface area contributed by atoms with Crippen LogP contribution in [0.2, 0.25) is 0 Å². The predicted octanol–water partition coefficient (Wildman–Crippen LogP) is 3.79. The van der Waals surface area contributed by atoms with E-state index in [4.69, 9.17) is 10.5 Å². The number of ether oxygens (including phenoxy) is 1. The molecule has 1 heterocycles. The van der Waals surface area contributed by atoms with Crippen molar-refractivity contribution >= 4 is 42.0 Å². The lowest BCUT2D eigenvalue weighted by Crippen LogP contribution is -2.43. The van der Waals surface area contributed by atoms with Crippen LogP contribution in [-0.2, 0) is 9.59 Å². The summed E-state index contributed by atoms with van der Waals surface area (Å²) in [5.74, 6) is -0.284. The molecular formula is C27H32N4O4S2. The number of nitrogens with one attached hydrogen (secondary N) is 2. The summed E-state index contributed by atoms with van der Waals surface area (Å²) >= 11 is 5.73. The van der Waals surface area contributed by atoms with Gasteiger partial charge in [-0.15, -0.1) is 0 Å². The number of aromatic nitrogens is 1. The molecule has 2 atom stereocenters. The van der Waals surface area contributed by atoms with Crippen LogP contribution < -0.4 is 21.1 Å². The molecule has 0 aliphatic rings. The minimum Gasteiger partial charge on any atom is -0.480 e. The van der Waals surface area contributed by atoms with Crippen LogP contribution in [0.4, 0.5) is 5.69 Å². The molecule has 0 radical (unpaired) electrons. The van der Waals surface area contributed by atoms with E-state index < -0.39 is 17.9 Å². The number of hydrogen-bond acceptors (Lipinski definition) is 8. The van der Waals surface area contributed by atoms with Gasteiger partial charge in [-0.1, -0.05) is 48.5 Å². The first-order valence-corrected chi connectivity index (χ1v) is 13.8. The molecular weight excluding hydrogens is 508 g/mol. The first-order chi connectivity index (χ1) is 17.9. The first-order valence-electron chi connectivity index (χ1n) is 11.8. The molecule has 3 aromatic rings. The molecule has 2 aromatic carbocycles. The third-order valence-electron chi connectivity index (χ3n) is 5.50. The third-order valence-corrected chi connectivity index (χ3v) is 6.61. The molecule has 5 N–H and O–H groups in total. The van der Waals surface area contributed by atoms with E-state index in [0.29, 0.717) is 35.9 Å². The minimum atomic E-state index is -1.08. The van der Waals surface area contributed by atoms with Crippen molar-refractivity contribution in [1.29, 1.82) is 0 Å². The summed E-state index contributed by atoms with van der Waals surface area (Å²) < 4.78 is 5.78. The van der Waals surface area contributed by atoms with Crippen LogP contribution in [0.15, 0.2) is 66.7 Å². The number of carboxylic acid groups (broad SMARTS) is 1. The maximum absolute atomic E-state index is 12.5. The molecule has 0 spiro atoms. The number of carbonyl (C=O) groups is 2. The lowest BCUT2D eigenvalue weighted by molar-refractivity contribution is -0.142. The molecule has 0 saturated heterocycles. The maximum atomic E-state index is 12.5. The Hall–Kier alpha value is -3.21. The largest absolute Gasteiger partial charge is 0.480 e. The van der Waals surface area contributed by atoms with E-state index in [0.717, 1.165) is 16.7 Å². The summed E-state index contributed by atoms with van der Waals surface area (Å²) in [4.78, 5) is 28.6. The quantitative estimate of drug-likeness (QED) is 0.196. The van der Waals surface area contributed by atoms with Gasteiger partial charge in [-0.05, 0) is 47.8 Å². The smallest absolute Gasteiger partial charge is 0.326 e. The molecule has 0 aliphatic heterocycles. The predicted molar refractivity (Wildman–Crippen MR) is 153 cm³/mol. The Kier molecular flexibility index (Phi) is 11.1. The van der Waals surface area contributed by atoms with Crippen molar-refractivity contribution in [3.8, 4) is 28.3 Å². The van der Waals surface area contributed by atoms with Gasteiger partial charge in [-0.25, -0.2) is 9.78 Å². The molecule has 10 heteroatoms. The van der Waals surface area contributed by atoms with Crippen LogP contribution in [-0.4, -0.2) is 65.0 Å². The van der Waals surface area contributed by atoms with Crippen molar-refractivity contribution in [2.45, 2.75) is 18.5 Å². The number of hydrogen-bond donors (Lipinski definition) is 5. The van der Waals surface area contributed by atoms with E-state index in [1.54, 1.807) is 0 Å². The Morgan fingerprint density at radius 2 is 1.81 bits per heavy atom. The van der Waals surface area contributed by atoms with Crippen molar-refractivity contribution in [2.75, 3.05) is 36.2 Å². The number of carboxylic acids is 1. The van der Waals surface area contributed by atoms with E-state index in [1.807, 2.05) is 73.0 Å². The van der Waals surface area contributed by atoms with Gasteiger partial charge in [0.1, 0.15) is 6.04 Å². The van der Waals surface area contributed by atoms with E-state index >= 15 is 0 Å². The van der Waals surface area contributed by atoms with Gasteiger partial charge in [0.25, 0.3) is 5.91 Å². The summed E-state index contributed by atoms with van der Waals surface area (Å²) in [6, 6.07) is 20.6.